The van der Waals surface area contributed by atoms with Crippen LogP contribution in [0.15, 0.2) is 35.1 Å². The van der Waals surface area contributed by atoms with Crippen LogP contribution in [0.4, 0.5) is 5.69 Å². The summed E-state index contributed by atoms with van der Waals surface area (Å²) in [5, 5.41) is 15.7. The summed E-state index contributed by atoms with van der Waals surface area (Å²) in [6, 6.07) is 2.30. The van der Waals surface area contributed by atoms with E-state index in [1.807, 2.05) is 0 Å². The zero-order valence-corrected chi connectivity index (χ0v) is 23.0. The number of Topliss-reactive ketones (excluding diaryl/α,β-unsaturated/α-hetero) is 1. The fourth-order valence-corrected chi connectivity index (χ4v) is 3.49. The zero-order chi connectivity index (χ0) is 29.7. The third-order valence-corrected chi connectivity index (χ3v) is 5.61. The molecule has 212 valence electrons. The van der Waals surface area contributed by atoms with Crippen LogP contribution in [-0.4, -0.2) is 65.2 Å². The van der Waals surface area contributed by atoms with Gasteiger partial charge in [-0.1, -0.05) is 27.4 Å². The Labute approximate surface area is 225 Å². The van der Waals surface area contributed by atoms with Crippen LogP contribution in [0.5, 0.6) is 17.5 Å². The van der Waals surface area contributed by atoms with E-state index in [2.05, 4.69) is 17.2 Å². The zero-order valence-electron chi connectivity index (χ0n) is 23.0. The molecular formula is C26H34N4O9. The number of aromatic hydroxyl groups is 1. The van der Waals surface area contributed by atoms with E-state index in [0.29, 0.717) is 10.1 Å². The Kier molecular flexibility index (Phi) is 9.70. The standard InChI is InChI=1S/C26H34N4O9/c1-14(2)20(32)27-11-12-39-24(35)15-9-10-17(37-7)16(13-15)28-21(33)18(19(31)26(3,4)5)30-22(34)23(38-8)29(6)25(30)36/h9-10,13,18,34H,1,11-12H2,2-8H3,(H,27,32)(H,28,33). The third kappa shape index (κ3) is 6.86. The topological polar surface area (TPSA) is 167 Å². The maximum Gasteiger partial charge on any atom is 0.338 e. The summed E-state index contributed by atoms with van der Waals surface area (Å²) in [4.78, 5) is 63.9. The highest BCUT2D eigenvalue weighted by molar-refractivity contribution is 6.11. The lowest BCUT2D eigenvalue weighted by Gasteiger charge is -2.25. The lowest BCUT2D eigenvalue weighted by atomic mass is 9.86. The number of esters is 1. The van der Waals surface area contributed by atoms with E-state index in [-0.39, 0.29) is 41.9 Å². The van der Waals surface area contributed by atoms with Gasteiger partial charge in [0.25, 0.3) is 17.7 Å². The molecule has 0 saturated heterocycles. The average Bonchev–Trinajstić information content (AvgIpc) is 3.08. The van der Waals surface area contributed by atoms with Crippen LogP contribution in [-0.2, 0) is 26.2 Å². The van der Waals surface area contributed by atoms with Gasteiger partial charge in [0.1, 0.15) is 12.4 Å². The maximum absolute atomic E-state index is 13.5. The number of aromatic nitrogens is 2. The van der Waals surface area contributed by atoms with Crippen LogP contribution >= 0.6 is 0 Å². The number of amides is 2. The molecule has 0 bridgehead atoms. The maximum atomic E-state index is 13.5. The Balaban J connectivity index is 2.40. The molecule has 2 rings (SSSR count). The molecule has 0 aliphatic rings. The summed E-state index contributed by atoms with van der Waals surface area (Å²) >= 11 is 0. The first-order valence-corrected chi connectivity index (χ1v) is 11.8. The van der Waals surface area contributed by atoms with Gasteiger partial charge in [0.2, 0.25) is 5.91 Å². The van der Waals surface area contributed by atoms with Gasteiger partial charge in [-0.2, -0.15) is 0 Å². The van der Waals surface area contributed by atoms with Crippen molar-refractivity contribution < 1.29 is 38.5 Å². The van der Waals surface area contributed by atoms with E-state index in [1.54, 1.807) is 27.7 Å². The van der Waals surface area contributed by atoms with Crippen molar-refractivity contribution in [2.75, 3.05) is 32.7 Å². The van der Waals surface area contributed by atoms with Gasteiger partial charge >= 0.3 is 11.7 Å². The number of hydrogen-bond donors (Lipinski definition) is 3. The Bertz CT molecular complexity index is 1350. The number of benzene rings is 1. The van der Waals surface area contributed by atoms with Crippen LogP contribution in [0.1, 0.15) is 44.1 Å². The summed E-state index contributed by atoms with van der Waals surface area (Å²) in [7, 11) is 3.88. The predicted octanol–water partition coefficient (Wildman–Crippen LogP) is 1.55. The quantitative estimate of drug-likeness (QED) is 0.164. The van der Waals surface area contributed by atoms with Crippen LogP contribution in [0.3, 0.4) is 0 Å². The van der Waals surface area contributed by atoms with Gasteiger partial charge in [-0.05, 0) is 25.1 Å². The fourth-order valence-electron chi connectivity index (χ4n) is 3.49. The largest absolute Gasteiger partial charge is 0.495 e. The number of ketones is 1. The fraction of sp³-hybridized carbons (Fsp3) is 0.423. The van der Waals surface area contributed by atoms with Gasteiger partial charge in [-0.15, -0.1) is 0 Å². The number of nitrogens with one attached hydrogen (secondary N) is 2. The first-order valence-electron chi connectivity index (χ1n) is 11.8. The van der Waals surface area contributed by atoms with Crippen molar-refractivity contribution in [2.45, 2.75) is 33.7 Å². The molecule has 1 aromatic carbocycles. The Hall–Kier alpha value is -4.55. The molecule has 0 aliphatic heterocycles. The smallest absolute Gasteiger partial charge is 0.338 e. The molecule has 1 heterocycles. The van der Waals surface area contributed by atoms with Crippen LogP contribution in [0.2, 0.25) is 0 Å². The van der Waals surface area contributed by atoms with Crippen molar-refractivity contribution in [2.24, 2.45) is 12.5 Å². The summed E-state index contributed by atoms with van der Waals surface area (Å²) in [6.45, 7) is 9.69. The normalized spacial score (nSPS) is 11.8. The van der Waals surface area contributed by atoms with Crippen molar-refractivity contribution in [1.82, 2.24) is 14.5 Å². The first-order chi connectivity index (χ1) is 18.1. The molecule has 1 atom stereocenters. The Morgan fingerprint density at radius 1 is 1.13 bits per heavy atom. The predicted molar refractivity (Wildman–Crippen MR) is 141 cm³/mol. The monoisotopic (exact) mass is 546 g/mol. The van der Waals surface area contributed by atoms with Crippen molar-refractivity contribution in [3.63, 3.8) is 0 Å². The number of rotatable bonds is 11. The van der Waals surface area contributed by atoms with E-state index in [9.17, 15) is 29.1 Å². The molecule has 1 unspecified atom stereocenters. The van der Waals surface area contributed by atoms with E-state index >= 15 is 0 Å². The molecule has 13 nitrogen and oxygen atoms in total. The second kappa shape index (κ2) is 12.3. The SMILES string of the molecule is C=C(C)C(=O)NCCOC(=O)c1ccc(OC)c(NC(=O)C(C(=O)C(C)(C)C)n2c(O)c(OC)n(C)c2=O)c1. The van der Waals surface area contributed by atoms with Crippen molar-refractivity contribution in [1.29, 1.82) is 0 Å². The number of ether oxygens (including phenoxy) is 3. The third-order valence-electron chi connectivity index (χ3n) is 5.61. The summed E-state index contributed by atoms with van der Waals surface area (Å²) in [5.74, 6) is -3.54. The minimum Gasteiger partial charge on any atom is -0.495 e. The number of anilines is 1. The molecule has 2 amide bonds. The second-order valence-corrected chi connectivity index (χ2v) is 9.64. The number of nitrogens with zero attached hydrogens (tertiary/aromatic N) is 2. The van der Waals surface area contributed by atoms with Gasteiger partial charge in [-0.25, -0.2) is 14.2 Å². The second-order valence-electron chi connectivity index (χ2n) is 9.64. The van der Waals surface area contributed by atoms with E-state index < -0.39 is 40.7 Å². The van der Waals surface area contributed by atoms with Gasteiger partial charge in [-0.3, -0.25) is 19.0 Å². The molecule has 2 aromatic rings. The minimum absolute atomic E-state index is 0.00896. The van der Waals surface area contributed by atoms with E-state index in [0.717, 1.165) is 4.57 Å². The minimum atomic E-state index is -1.79. The molecule has 3 N–H and O–H groups in total. The van der Waals surface area contributed by atoms with Gasteiger partial charge in [0.05, 0.1) is 32.0 Å². The molecule has 0 radical (unpaired) electrons. The van der Waals surface area contributed by atoms with Crippen molar-refractivity contribution >= 4 is 29.3 Å². The molecule has 0 spiro atoms. The average molecular weight is 547 g/mol. The molecule has 0 saturated carbocycles. The number of carbonyl (C=O) groups excluding carboxylic acids is 4. The molecule has 0 aliphatic carbocycles. The number of hydrogen-bond acceptors (Lipinski definition) is 9. The molecule has 39 heavy (non-hydrogen) atoms. The van der Waals surface area contributed by atoms with E-state index in [1.165, 1.54) is 39.5 Å². The molecule has 13 heteroatoms. The van der Waals surface area contributed by atoms with Crippen molar-refractivity contribution in [3.05, 3.63) is 46.4 Å². The van der Waals surface area contributed by atoms with Gasteiger partial charge < -0.3 is 30.0 Å². The van der Waals surface area contributed by atoms with Gasteiger partial charge in [0, 0.05) is 18.0 Å². The van der Waals surface area contributed by atoms with Crippen molar-refractivity contribution in [3.8, 4) is 17.5 Å². The van der Waals surface area contributed by atoms with E-state index in [4.69, 9.17) is 14.2 Å². The highest BCUT2D eigenvalue weighted by Gasteiger charge is 2.40. The molecule has 0 fully saturated rings. The van der Waals surface area contributed by atoms with Crippen LogP contribution in [0.25, 0.3) is 0 Å². The highest BCUT2D eigenvalue weighted by Crippen LogP contribution is 2.33. The molecule has 1 aromatic heterocycles. The summed E-state index contributed by atoms with van der Waals surface area (Å²) in [6.07, 6.45) is 0. The Morgan fingerprint density at radius 2 is 1.77 bits per heavy atom. The summed E-state index contributed by atoms with van der Waals surface area (Å²) in [5.41, 5.74) is -1.59. The number of carbonyl (C=O) groups is 4. The lowest BCUT2D eigenvalue weighted by Crippen LogP contribution is -2.42. The lowest BCUT2D eigenvalue weighted by molar-refractivity contribution is -0.135. The summed E-state index contributed by atoms with van der Waals surface area (Å²) < 4.78 is 17.1. The number of methoxy groups -OCH3 is 2. The number of imidazole rings is 1. The molecular weight excluding hydrogens is 512 g/mol. The first kappa shape index (κ1) is 30.7. The van der Waals surface area contributed by atoms with Gasteiger partial charge in [0.15, 0.2) is 11.8 Å². The highest BCUT2D eigenvalue weighted by atomic mass is 16.5. The van der Waals surface area contributed by atoms with Crippen LogP contribution < -0.4 is 25.8 Å². The van der Waals surface area contributed by atoms with Crippen LogP contribution in [0, 0.1) is 5.41 Å². The Morgan fingerprint density at radius 3 is 2.28 bits per heavy atom.